The van der Waals surface area contributed by atoms with Gasteiger partial charge >= 0.3 is 11.9 Å². The van der Waals surface area contributed by atoms with E-state index in [4.69, 9.17) is 9.47 Å². The standard InChI is InChI=1S/C69H126O5/c1-3-5-7-9-11-13-15-17-19-21-23-25-27-29-30-31-32-33-34-35-36-37-38-40-42-44-46-48-50-52-54-56-58-60-62-64-69(72)74-67(65-70)66-73-68(71)63-61-59-57-55-53-51-49-47-45-43-41-39-28-26-24-22-20-18-16-14-12-10-8-6-4-2/h5,7,11,13,17,19,22-25,67,70H,3-4,6,8-10,12,14-16,18,20-21,26-66H2,1-2H3/b7-5-,13-11-,19-17-,24-22-,25-23-. The number of rotatable bonds is 61. The molecule has 0 aromatic heterocycles. The predicted octanol–water partition coefficient (Wildman–Crippen LogP) is 22.5. The van der Waals surface area contributed by atoms with E-state index in [1.54, 1.807) is 0 Å². The molecule has 1 N–H and O–H groups in total. The summed E-state index contributed by atoms with van der Waals surface area (Å²) in [5, 5.41) is 9.69. The molecule has 0 aliphatic carbocycles. The third kappa shape index (κ3) is 62.1. The highest BCUT2D eigenvalue weighted by atomic mass is 16.6. The van der Waals surface area contributed by atoms with Crippen molar-refractivity contribution in [3.8, 4) is 0 Å². The molecule has 1 unspecified atom stereocenters. The van der Waals surface area contributed by atoms with Crippen LogP contribution in [0.1, 0.15) is 348 Å². The molecule has 0 rings (SSSR count). The summed E-state index contributed by atoms with van der Waals surface area (Å²) in [6.45, 7) is 4.08. The Morgan fingerprint density at radius 1 is 0.324 bits per heavy atom. The number of aliphatic hydroxyl groups is 1. The van der Waals surface area contributed by atoms with E-state index in [1.165, 1.54) is 257 Å². The Bertz CT molecular complexity index is 1260. The fourth-order valence-electron chi connectivity index (χ4n) is 9.90. The Labute approximate surface area is 461 Å². The Morgan fingerprint density at radius 3 is 0.892 bits per heavy atom. The molecule has 5 nitrogen and oxygen atoms in total. The van der Waals surface area contributed by atoms with E-state index in [-0.39, 0.29) is 25.2 Å². The van der Waals surface area contributed by atoms with Crippen molar-refractivity contribution >= 4 is 11.9 Å². The first-order valence-electron chi connectivity index (χ1n) is 32.8. The summed E-state index contributed by atoms with van der Waals surface area (Å²) >= 11 is 0. The minimum Gasteiger partial charge on any atom is -0.462 e. The lowest BCUT2D eigenvalue weighted by molar-refractivity contribution is -0.161. The van der Waals surface area contributed by atoms with Crippen LogP contribution in [-0.2, 0) is 19.1 Å². The summed E-state index contributed by atoms with van der Waals surface area (Å²) in [4.78, 5) is 24.6. The third-order valence-corrected chi connectivity index (χ3v) is 14.8. The van der Waals surface area contributed by atoms with Crippen LogP contribution in [0, 0.1) is 0 Å². The molecule has 432 valence electrons. The number of allylic oxidation sites excluding steroid dienone is 10. The van der Waals surface area contributed by atoms with Gasteiger partial charge in [0.15, 0.2) is 6.10 Å². The van der Waals surface area contributed by atoms with E-state index in [0.29, 0.717) is 12.8 Å². The van der Waals surface area contributed by atoms with Crippen LogP contribution in [0.25, 0.3) is 0 Å². The van der Waals surface area contributed by atoms with Crippen LogP contribution < -0.4 is 0 Å². The van der Waals surface area contributed by atoms with Crippen molar-refractivity contribution in [2.45, 2.75) is 354 Å². The molecule has 0 aromatic rings. The SMILES string of the molecule is CC/C=C\C/C=C\C/C=C\C/C=C\CCCCCCCCCCCCCCCCCCCCCCCCC(=O)OC(CO)COC(=O)CCCCCCCCCCCCCCC/C=C\CCCCCCCCCC. The zero-order valence-corrected chi connectivity index (χ0v) is 49.6. The van der Waals surface area contributed by atoms with Gasteiger partial charge in [-0.1, -0.05) is 319 Å². The lowest BCUT2D eigenvalue weighted by Crippen LogP contribution is -2.28. The van der Waals surface area contributed by atoms with Crippen LogP contribution in [0.3, 0.4) is 0 Å². The van der Waals surface area contributed by atoms with Crippen LogP contribution in [0.5, 0.6) is 0 Å². The Hall–Kier alpha value is -2.40. The fourth-order valence-corrected chi connectivity index (χ4v) is 9.90. The highest BCUT2D eigenvalue weighted by Gasteiger charge is 2.16. The van der Waals surface area contributed by atoms with E-state index < -0.39 is 6.10 Å². The molecular formula is C69H126O5. The monoisotopic (exact) mass is 1030 g/mol. The maximum absolute atomic E-state index is 12.3. The van der Waals surface area contributed by atoms with Crippen LogP contribution in [0.2, 0.25) is 0 Å². The summed E-state index contributed by atoms with van der Waals surface area (Å²) < 4.78 is 10.8. The van der Waals surface area contributed by atoms with E-state index in [2.05, 4.69) is 74.6 Å². The van der Waals surface area contributed by atoms with Gasteiger partial charge in [-0.15, -0.1) is 0 Å². The molecule has 5 heteroatoms. The molecule has 0 aliphatic heterocycles. The molecule has 1 atom stereocenters. The lowest BCUT2D eigenvalue weighted by atomic mass is 10.0. The number of unbranched alkanes of at least 4 members (excludes halogenated alkanes) is 43. The zero-order valence-electron chi connectivity index (χ0n) is 49.6. The highest BCUT2D eigenvalue weighted by molar-refractivity contribution is 5.70. The molecule has 0 aromatic carbocycles. The highest BCUT2D eigenvalue weighted by Crippen LogP contribution is 2.18. The number of ether oxygens (including phenoxy) is 2. The van der Waals surface area contributed by atoms with Gasteiger partial charge in [-0.3, -0.25) is 9.59 Å². The molecule has 0 heterocycles. The molecule has 0 radical (unpaired) electrons. The topological polar surface area (TPSA) is 72.8 Å². The molecule has 0 fully saturated rings. The summed E-state index contributed by atoms with van der Waals surface area (Å²) in [6.07, 6.45) is 88.1. The van der Waals surface area contributed by atoms with E-state index in [1.807, 2.05) is 0 Å². The van der Waals surface area contributed by atoms with Gasteiger partial charge in [0, 0.05) is 12.8 Å². The van der Waals surface area contributed by atoms with Crippen molar-refractivity contribution in [1.29, 1.82) is 0 Å². The average molecular weight is 1040 g/mol. The number of carbonyl (C=O) groups is 2. The summed E-state index contributed by atoms with van der Waals surface area (Å²) in [5.41, 5.74) is 0. The lowest BCUT2D eigenvalue weighted by Gasteiger charge is -2.15. The largest absolute Gasteiger partial charge is 0.462 e. The first kappa shape index (κ1) is 71.6. The second kappa shape index (κ2) is 64.9. The van der Waals surface area contributed by atoms with Gasteiger partial charge in [0.1, 0.15) is 6.61 Å². The normalized spacial score (nSPS) is 12.5. The van der Waals surface area contributed by atoms with E-state index in [9.17, 15) is 14.7 Å². The van der Waals surface area contributed by atoms with Crippen LogP contribution >= 0.6 is 0 Å². The predicted molar refractivity (Wildman–Crippen MR) is 325 cm³/mol. The first-order chi connectivity index (χ1) is 36.6. The molecule has 74 heavy (non-hydrogen) atoms. The fraction of sp³-hybridized carbons (Fsp3) is 0.826. The zero-order chi connectivity index (χ0) is 53.4. The minimum atomic E-state index is -0.771. The number of esters is 2. The van der Waals surface area contributed by atoms with E-state index >= 15 is 0 Å². The second-order valence-corrected chi connectivity index (χ2v) is 22.2. The third-order valence-electron chi connectivity index (χ3n) is 14.8. The van der Waals surface area contributed by atoms with Crippen LogP contribution in [0.4, 0.5) is 0 Å². The van der Waals surface area contributed by atoms with Crippen molar-refractivity contribution < 1.29 is 24.2 Å². The Balaban J connectivity index is 3.41. The Morgan fingerprint density at radius 2 is 0.581 bits per heavy atom. The number of hydrogen-bond donors (Lipinski definition) is 1. The van der Waals surface area contributed by atoms with Crippen molar-refractivity contribution in [3.05, 3.63) is 60.8 Å². The maximum Gasteiger partial charge on any atom is 0.306 e. The quantitative estimate of drug-likeness (QED) is 0.0373. The maximum atomic E-state index is 12.3. The molecule has 0 aliphatic rings. The van der Waals surface area contributed by atoms with Crippen molar-refractivity contribution in [3.63, 3.8) is 0 Å². The van der Waals surface area contributed by atoms with Crippen molar-refractivity contribution in [1.82, 2.24) is 0 Å². The average Bonchev–Trinajstić information content (AvgIpc) is 3.40. The first-order valence-corrected chi connectivity index (χ1v) is 32.8. The molecule has 0 saturated carbocycles. The van der Waals surface area contributed by atoms with Gasteiger partial charge in [0.2, 0.25) is 0 Å². The van der Waals surface area contributed by atoms with Gasteiger partial charge in [0.05, 0.1) is 6.61 Å². The van der Waals surface area contributed by atoms with Crippen LogP contribution in [0.15, 0.2) is 60.8 Å². The molecular weight excluding hydrogens is 909 g/mol. The van der Waals surface area contributed by atoms with Gasteiger partial charge in [-0.05, 0) is 77.0 Å². The smallest absolute Gasteiger partial charge is 0.306 e. The van der Waals surface area contributed by atoms with Crippen LogP contribution in [-0.4, -0.2) is 36.4 Å². The molecule has 0 bridgehead atoms. The molecule has 0 spiro atoms. The van der Waals surface area contributed by atoms with Gasteiger partial charge < -0.3 is 14.6 Å². The summed E-state index contributed by atoms with van der Waals surface area (Å²) in [5.74, 6) is -0.571. The van der Waals surface area contributed by atoms with Crippen molar-refractivity contribution in [2.24, 2.45) is 0 Å². The molecule has 0 saturated heterocycles. The van der Waals surface area contributed by atoms with Gasteiger partial charge in [-0.2, -0.15) is 0 Å². The number of carbonyl (C=O) groups excluding carboxylic acids is 2. The number of hydrogen-bond acceptors (Lipinski definition) is 5. The van der Waals surface area contributed by atoms with Gasteiger partial charge in [0.25, 0.3) is 0 Å². The van der Waals surface area contributed by atoms with Crippen molar-refractivity contribution in [2.75, 3.05) is 13.2 Å². The number of aliphatic hydroxyl groups excluding tert-OH is 1. The molecule has 0 amide bonds. The summed E-state index contributed by atoms with van der Waals surface area (Å²) in [6, 6.07) is 0. The minimum absolute atomic E-state index is 0.0615. The second-order valence-electron chi connectivity index (χ2n) is 22.2. The van der Waals surface area contributed by atoms with E-state index in [0.717, 1.165) is 64.2 Å². The van der Waals surface area contributed by atoms with Gasteiger partial charge in [-0.25, -0.2) is 0 Å². The summed E-state index contributed by atoms with van der Waals surface area (Å²) in [7, 11) is 0. The Kier molecular flexibility index (Phi) is 62.8.